The fourth-order valence-corrected chi connectivity index (χ4v) is 3.94. The zero-order chi connectivity index (χ0) is 30.8. The molecule has 2 aromatic carbocycles. The van der Waals surface area contributed by atoms with E-state index in [0.717, 1.165) is 6.07 Å². The molecule has 0 fully saturated rings. The van der Waals surface area contributed by atoms with Crippen LogP contribution in [0.1, 0.15) is 38.0 Å². The molecule has 0 aliphatic heterocycles. The SMILES string of the molecule is CN(C(=O)OC(C)(C)C)c1ncnc2c1ncn2-c1ccc(NC(=O)Nc2ccc(C(O)CO)c(C(F)(F)F)c2)cc1. The van der Waals surface area contributed by atoms with Crippen molar-refractivity contribution in [1.29, 1.82) is 0 Å². The molecular formula is C27H28F3N7O5. The van der Waals surface area contributed by atoms with E-state index in [-0.39, 0.29) is 11.5 Å². The van der Waals surface area contributed by atoms with Crippen LogP contribution in [-0.4, -0.2) is 61.1 Å². The Bertz CT molecular complexity index is 1600. The van der Waals surface area contributed by atoms with Gasteiger partial charge in [-0.05, 0) is 62.7 Å². The quantitative estimate of drug-likeness (QED) is 0.249. The second kappa shape index (κ2) is 11.6. The van der Waals surface area contributed by atoms with Gasteiger partial charge in [-0.2, -0.15) is 13.2 Å². The Balaban J connectivity index is 1.49. The number of rotatable bonds is 6. The van der Waals surface area contributed by atoms with Crippen LogP contribution < -0.4 is 15.5 Å². The number of urea groups is 1. The Hall–Kier alpha value is -4.76. The Morgan fingerprint density at radius 1 is 1.02 bits per heavy atom. The number of aliphatic hydroxyl groups excluding tert-OH is 2. The molecular weight excluding hydrogens is 559 g/mol. The number of nitrogens with zero attached hydrogens (tertiary/aromatic N) is 5. The van der Waals surface area contributed by atoms with E-state index in [2.05, 4.69) is 25.6 Å². The van der Waals surface area contributed by atoms with E-state index >= 15 is 0 Å². The zero-order valence-corrected chi connectivity index (χ0v) is 23.0. The largest absolute Gasteiger partial charge is 0.443 e. The lowest BCUT2D eigenvalue weighted by Gasteiger charge is -2.24. The summed E-state index contributed by atoms with van der Waals surface area (Å²) in [5, 5.41) is 23.6. The van der Waals surface area contributed by atoms with E-state index in [1.54, 1.807) is 49.6 Å². The van der Waals surface area contributed by atoms with E-state index in [1.807, 2.05) is 0 Å². The topological polar surface area (TPSA) is 155 Å². The number of nitrogens with one attached hydrogen (secondary N) is 2. The van der Waals surface area contributed by atoms with Gasteiger partial charge in [-0.15, -0.1) is 0 Å². The minimum absolute atomic E-state index is 0.165. The Labute approximate surface area is 237 Å². The smallest absolute Gasteiger partial charge is 0.416 e. The highest BCUT2D eigenvalue weighted by Gasteiger charge is 2.35. The Kier molecular flexibility index (Phi) is 8.35. The second-order valence-corrected chi connectivity index (χ2v) is 10.1. The van der Waals surface area contributed by atoms with Crippen molar-refractivity contribution in [3.05, 3.63) is 66.2 Å². The van der Waals surface area contributed by atoms with E-state index < -0.39 is 47.7 Å². The molecule has 3 amide bonds. The summed E-state index contributed by atoms with van der Waals surface area (Å²) >= 11 is 0. The van der Waals surface area contributed by atoms with Gasteiger partial charge in [0, 0.05) is 24.1 Å². The number of carbonyl (C=O) groups is 2. The van der Waals surface area contributed by atoms with Crippen molar-refractivity contribution in [3.63, 3.8) is 0 Å². The summed E-state index contributed by atoms with van der Waals surface area (Å²) in [4.78, 5) is 39.1. The molecule has 15 heteroatoms. The highest BCUT2D eigenvalue weighted by Crippen LogP contribution is 2.36. The number of alkyl halides is 3. The predicted octanol–water partition coefficient (Wildman–Crippen LogP) is 4.88. The number of halogens is 3. The number of aliphatic hydroxyl groups is 2. The molecule has 12 nitrogen and oxygen atoms in total. The van der Waals surface area contributed by atoms with Gasteiger partial charge in [-0.3, -0.25) is 9.47 Å². The van der Waals surface area contributed by atoms with Crippen molar-refractivity contribution < 1.29 is 37.7 Å². The molecule has 1 unspecified atom stereocenters. The summed E-state index contributed by atoms with van der Waals surface area (Å²) in [5.74, 6) is 0.246. The van der Waals surface area contributed by atoms with Gasteiger partial charge in [0.05, 0.1) is 12.2 Å². The molecule has 0 saturated heterocycles. The number of imidazole rings is 1. The van der Waals surface area contributed by atoms with Crippen LogP contribution in [0.15, 0.2) is 55.1 Å². The third-order valence-electron chi connectivity index (χ3n) is 5.85. The van der Waals surface area contributed by atoms with E-state index in [1.165, 1.54) is 30.7 Å². The molecule has 0 aliphatic carbocycles. The van der Waals surface area contributed by atoms with Crippen molar-refractivity contribution >= 4 is 40.5 Å². The number of ether oxygens (including phenoxy) is 1. The van der Waals surface area contributed by atoms with E-state index in [0.29, 0.717) is 28.6 Å². The monoisotopic (exact) mass is 587 g/mol. The van der Waals surface area contributed by atoms with Gasteiger partial charge in [0.25, 0.3) is 0 Å². The van der Waals surface area contributed by atoms with Crippen molar-refractivity contribution in [1.82, 2.24) is 19.5 Å². The van der Waals surface area contributed by atoms with Crippen LogP contribution >= 0.6 is 0 Å². The number of carbonyl (C=O) groups excluding carboxylic acids is 2. The molecule has 0 saturated carbocycles. The van der Waals surface area contributed by atoms with Crippen LogP contribution in [0.4, 0.5) is 40.0 Å². The first-order chi connectivity index (χ1) is 19.7. The molecule has 4 rings (SSSR count). The second-order valence-electron chi connectivity index (χ2n) is 10.1. The first-order valence-corrected chi connectivity index (χ1v) is 12.5. The van der Waals surface area contributed by atoms with Crippen molar-refractivity contribution in [2.24, 2.45) is 0 Å². The van der Waals surface area contributed by atoms with Crippen LogP contribution in [0, 0.1) is 0 Å². The summed E-state index contributed by atoms with van der Waals surface area (Å²) in [5.41, 5.74) is -0.848. The third-order valence-corrected chi connectivity index (χ3v) is 5.85. The van der Waals surface area contributed by atoms with Gasteiger partial charge >= 0.3 is 18.3 Å². The van der Waals surface area contributed by atoms with Gasteiger partial charge in [0.1, 0.15) is 24.4 Å². The van der Waals surface area contributed by atoms with E-state index in [9.17, 15) is 27.9 Å². The molecule has 0 bridgehead atoms. The molecule has 4 N–H and O–H groups in total. The van der Waals surface area contributed by atoms with Gasteiger partial charge in [0.2, 0.25) is 0 Å². The maximum atomic E-state index is 13.5. The molecule has 42 heavy (non-hydrogen) atoms. The first-order valence-electron chi connectivity index (χ1n) is 12.5. The van der Waals surface area contributed by atoms with Crippen LogP contribution in [0.5, 0.6) is 0 Å². The van der Waals surface area contributed by atoms with Crippen molar-refractivity contribution in [2.45, 2.75) is 38.7 Å². The average Bonchev–Trinajstić information content (AvgIpc) is 3.35. The number of benzene rings is 2. The highest BCUT2D eigenvalue weighted by atomic mass is 19.4. The molecule has 4 aromatic rings. The maximum Gasteiger partial charge on any atom is 0.416 e. The number of amides is 3. The molecule has 2 heterocycles. The summed E-state index contributed by atoms with van der Waals surface area (Å²) in [7, 11) is 1.51. The van der Waals surface area contributed by atoms with Crippen molar-refractivity contribution in [2.75, 3.05) is 29.2 Å². The number of hydrogen-bond acceptors (Lipinski definition) is 8. The summed E-state index contributed by atoms with van der Waals surface area (Å²) in [6.07, 6.45) is -4.36. The minimum atomic E-state index is -4.82. The lowest BCUT2D eigenvalue weighted by atomic mass is 10.0. The van der Waals surface area contributed by atoms with Crippen LogP contribution in [0.2, 0.25) is 0 Å². The van der Waals surface area contributed by atoms with Gasteiger partial charge in [0.15, 0.2) is 17.0 Å². The molecule has 1 atom stereocenters. The minimum Gasteiger partial charge on any atom is -0.443 e. The predicted molar refractivity (Wildman–Crippen MR) is 147 cm³/mol. The zero-order valence-electron chi connectivity index (χ0n) is 23.0. The third kappa shape index (κ3) is 6.75. The number of fused-ring (bicyclic) bond motifs is 1. The summed E-state index contributed by atoms with van der Waals surface area (Å²) in [6, 6.07) is 8.50. The summed E-state index contributed by atoms with van der Waals surface area (Å²) in [6.45, 7) is 4.35. The fourth-order valence-electron chi connectivity index (χ4n) is 3.94. The van der Waals surface area contributed by atoms with Crippen molar-refractivity contribution in [3.8, 4) is 5.69 Å². The van der Waals surface area contributed by atoms with E-state index in [4.69, 9.17) is 9.84 Å². The molecule has 0 spiro atoms. The van der Waals surface area contributed by atoms with Crippen LogP contribution in [-0.2, 0) is 10.9 Å². The number of anilines is 3. The Morgan fingerprint density at radius 3 is 2.29 bits per heavy atom. The number of hydrogen-bond donors (Lipinski definition) is 4. The average molecular weight is 588 g/mol. The fraction of sp³-hybridized carbons (Fsp3) is 0.296. The molecule has 0 radical (unpaired) electrons. The van der Waals surface area contributed by atoms with Gasteiger partial charge < -0.3 is 25.6 Å². The first kappa shape index (κ1) is 30.2. The summed E-state index contributed by atoms with van der Waals surface area (Å²) < 4.78 is 47.4. The lowest BCUT2D eigenvalue weighted by Crippen LogP contribution is -2.34. The molecule has 2 aromatic heterocycles. The van der Waals surface area contributed by atoms with Gasteiger partial charge in [-0.25, -0.2) is 24.5 Å². The highest BCUT2D eigenvalue weighted by molar-refractivity contribution is 6.00. The molecule has 222 valence electrons. The number of aromatic nitrogens is 4. The Morgan fingerprint density at radius 2 is 1.67 bits per heavy atom. The normalized spacial score (nSPS) is 12.6. The van der Waals surface area contributed by atoms with Gasteiger partial charge in [-0.1, -0.05) is 6.07 Å². The standard InChI is InChI=1S/C27H28F3N7O5/c1-26(2,3)42-25(41)36(4)22-21-23(32-13-31-22)37(14-33-21)17-8-5-15(6-9-17)34-24(40)35-16-7-10-18(20(39)12-38)19(11-16)27(28,29)30/h5-11,13-14,20,38-39H,12H2,1-4H3,(H2,34,35,40). The van der Waals surface area contributed by atoms with Crippen LogP contribution in [0.25, 0.3) is 16.9 Å². The lowest BCUT2D eigenvalue weighted by molar-refractivity contribution is -0.139. The van der Waals surface area contributed by atoms with Crippen LogP contribution in [0.3, 0.4) is 0 Å². The maximum absolute atomic E-state index is 13.5. The molecule has 0 aliphatic rings.